The van der Waals surface area contributed by atoms with Crippen molar-refractivity contribution in [1.82, 2.24) is 25.5 Å². The van der Waals surface area contributed by atoms with Gasteiger partial charge in [-0.2, -0.15) is 0 Å². The van der Waals surface area contributed by atoms with Crippen LogP contribution in [-0.2, 0) is 109 Å². The summed E-state index contributed by atoms with van der Waals surface area (Å²) in [6.07, 6.45) is 3.23. The Hall–Kier alpha value is -7.47. The maximum Gasteiger partial charge on any atom is 0.407 e. The number of aromatic nitrogens is 2. The van der Waals surface area contributed by atoms with Gasteiger partial charge in [0.25, 0.3) is 5.56 Å². The lowest BCUT2D eigenvalue weighted by Crippen LogP contribution is -2.53. The number of fused-ring (bicyclic) bond motifs is 5. The summed E-state index contributed by atoms with van der Waals surface area (Å²) < 4.78 is 68.0. The van der Waals surface area contributed by atoms with Crippen LogP contribution in [-0.4, -0.2) is 195 Å². The number of nitrogens with one attached hydrogen (secondary N) is 4. The number of carbonyl (C=O) groups is 5. The first-order chi connectivity index (χ1) is 46.9. The number of hydrogen-bond donors (Lipinski definition) is 6. The van der Waals surface area contributed by atoms with Gasteiger partial charge in [0.1, 0.15) is 31.0 Å². The van der Waals surface area contributed by atoms with Crippen molar-refractivity contribution in [2.45, 2.75) is 116 Å². The second kappa shape index (κ2) is 42.3. The Labute approximate surface area is 561 Å². The highest BCUT2D eigenvalue weighted by molar-refractivity contribution is 5.98. The lowest BCUT2D eigenvalue weighted by Gasteiger charge is -2.31. The summed E-state index contributed by atoms with van der Waals surface area (Å²) in [5.74, 6) is -1.53. The number of alkyl carbamates (subject to hydrolysis) is 1. The van der Waals surface area contributed by atoms with Crippen molar-refractivity contribution in [2.75, 3.05) is 144 Å². The fourth-order valence-corrected chi connectivity index (χ4v) is 10.7. The molecule has 7 N–H and O–H groups in total. The fourth-order valence-electron chi connectivity index (χ4n) is 10.7. The van der Waals surface area contributed by atoms with Gasteiger partial charge in [0, 0.05) is 48.2 Å². The van der Waals surface area contributed by atoms with Crippen LogP contribution in [0.25, 0.3) is 22.3 Å². The molecule has 0 saturated heterocycles. The van der Waals surface area contributed by atoms with Crippen molar-refractivity contribution in [1.29, 1.82) is 0 Å². The van der Waals surface area contributed by atoms with Crippen molar-refractivity contribution in [2.24, 2.45) is 5.73 Å². The normalized spacial score (nSPS) is 14.5. The Morgan fingerprint density at radius 1 is 0.656 bits per heavy atom. The van der Waals surface area contributed by atoms with E-state index >= 15 is 0 Å². The number of carbonyl (C=O) groups excluding carboxylic acids is 5. The van der Waals surface area contributed by atoms with Gasteiger partial charge in [-0.25, -0.2) is 14.6 Å². The Morgan fingerprint density at radius 2 is 1.26 bits per heavy atom. The molecule has 526 valence electrons. The number of hydrogen-bond acceptors (Lipinski definition) is 21. The number of aliphatic hydroxyl groups is 1. The molecular weight excluding hydrogens is 1240 g/mol. The number of anilines is 1. The molecule has 2 aromatic heterocycles. The standard InChI is InChI=1S/C70H97N7O19/c1-4-25-85-28-30-87-32-34-89-36-38-91-40-42-93-43-41-92-39-37-90-35-33-88-31-29-86-27-22-63(78)74-61(44-50-13-8-7-9-14-50)66(80)76-60(15-10-11-23-71)65(79)73-52-18-16-51(17-19-52)48-96-69(83)72-24-12-26-94-53-20-21-59-55(45-53)54(5-2)56-47-77-62(64(56)75-59)46-58-57(67(77)81)49-95-68(82)70(58,84)6-3/h7-9,13-14,16-21,45-46,60-61,84H,4-6,10-12,15,22-44,47-49,71H2,1-3H3,(H,72,83)(H,73,79)(H,74,78)(H,76,80)/t60-,61-,70-/m0/s1. The largest absolute Gasteiger partial charge is 0.494 e. The molecule has 4 heterocycles. The van der Waals surface area contributed by atoms with Gasteiger partial charge in [0.15, 0.2) is 5.60 Å². The van der Waals surface area contributed by atoms with Crippen LogP contribution in [0.3, 0.4) is 0 Å². The number of pyridine rings is 2. The lowest BCUT2D eigenvalue weighted by atomic mass is 9.86. The Bertz CT molecular complexity index is 3260. The summed E-state index contributed by atoms with van der Waals surface area (Å²) in [5, 5.41) is 23.5. The number of unbranched alkanes of at least 4 members (excludes halogenated alkanes) is 1. The highest BCUT2D eigenvalue weighted by Crippen LogP contribution is 2.41. The minimum absolute atomic E-state index is 0.00869. The first-order valence-electron chi connectivity index (χ1n) is 33.5. The van der Waals surface area contributed by atoms with E-state index in [2.05, 4.69) is 28.2 Å². The third-order valence-electron chi connectivity index (χ3n) is 15.9. The van der Waals surface area contributed by atoms with Crippen LogP contribution >= 0.6 is 0 Å². The van der Waals surface area contributed by atoms with E-state index in [1.54, 1.807) is 41.8 Å². The molecule has 0 radical (unpaired) electrons. The third-order valence-corrected chi connectivity index (χ3v) is 15.9. The van der Waals surface area contributed by atoms with E-state index in [1.807, 2.05) is 55.5 Å². The average Bonchev–Trinajstić information content (AvgIpc) is 1.41. The van der Waals surface area contributed by atoms with Crippen molar-refractivity contribution >= 4 is 46.4 Å². The number of ether oxygens (including phenoxy) is 12. The highest BCUT2D eigenvalue weighted by Gasteiger charge is 2.45. The van der Waals surface area contributed by atoms with Gasteiger partial charge in [-0.3, -0.25) is 19.2 Å². The Balaban J connectivity index is 0.747. The van der Waals surface area contributed by atoms with E-state index in [0.29, 0.717) is 185 Å². The van der Waals surface area contributed by atoms with Gasteiger partial charge >= 0.3 is 12.1 Å². The van der Waals surface area contributed by atoms with E-state index < -0.39 is 47.5 Å². The molecule has 96 heavy (non-hydrogen) atoms. The van der Waals surface area contributed by atoms with E-state index in [1.165, 1.54) is 0 Å². The average molecular weight is 1340 g/mol. The van der Waals surface area contributed by atoms with Gasteiger partial charge in [0.05, 0.1) is 148 Å². The minimum atomic E-state index is -1.91. The van der Waals surface area contributed by atoms with Gasteiger partial charge in [-0.15, -0.1) is 0 Å². The van der Waals surface area contributed by atoms with Crippen LogP contribution in [0.1, 0.15) is 99.1 Å². The summed E-state index contributed by atoms with van der Waals surface area (Å²) in [4.78, 5) is 85.1. The monoisotopic (exact) mass is 1340 g/mol. The van der Waals surface area contributed by atoms with E-state index in [9.17, 15) is 33.9 Å². The van der Waals surface area contributed by atoms with Crippen LogP contribution in [0.15, 0.2) is 83.7 Å². The quantitative estimate of drug-likeness (QED) is 0.0201. The smallest absolute Gasteiger partial charge is 0.407 e. The zero-order valence-electron chi connectivity index (χ0n) is 55.8. The zero-order valence-corrected chi connectivity index (χ0v) is 55.8. The van der Waals surface area contributed by atoms with Crippen LogP contribution in [0.2, 0.25) is 0 Å². The number of benzene rings is 3. The molecule has 0 unspecified atom stereocenters. The molecule has 0 bridgehead atoms. The Kier molecular flexibility index (Phi) is 33.4. The van der Waals surface area contributed by atoms with Gasteiger partial charge in [-0.05, 0) is 105 Å². The van der Waals surface area contributed by atoms with Crippen molar-refractivity contribution in [3.63, 3.8) is 0 Å². The number of rotatable bonds is 49. The van der Waals surface area contributed by atoms with Gasteiger partial charge < -0.3 is 93.5 Å². The van der Waals surface area contributed by atoms with E-state index in [0.717, 1.165) is 35.1 Å². The zero-order chi connectivity index (χ0) is 68.2. The number of nitrogens with two attached hydrogens (primary N) is 1. The number of amides is 4. The van der Waals surface area contributed by atoms with Crippen LogP contribution in [0.5, 0.6) is 5.75 Å². The summed E-state index contributed by atoms with van der Waals surface area (Å²) in [7, 11) is 0. The molecule has 5 aromatic rings. The van der Waals surface area contributed by atoms with Crippen LogP contribution in [0.4, 0.5) is 10.5 Å². The summed E-state index contributed by atoms with van der Waals surface area (Å²) in [5.41, 5.74) is 9.83. The summed E-state index contributed by atoms with van der Waals surface area (Å²) in [6.45, 7) is 14.8. The number of cyclic esters (lactones) is 1. The topological polar surface area (TPSA) is 325 Å². The predicted octanol–water partition coefficient (Wildman–Crippen LogP) is 5.57. The van der Waals surface area contributed by atoms with Gasteiger partial charge in [0.2, 0.25) is 17.7 Å². The second-order valence-electron chi connectivity index (χ2n) is 22.9. The predicted molar refractivity (Wildman–Crippen MR) is 356 cm³/mol. The molecule has 0 saturated carbocycles. The number of esters is 1. The van der Waals surface area contributed by atoms with E-state index in [4.69, 9.17) is 67.6 Å². The Morgan fingerprint density at radius 3 is 1.84 bits per heavy atom. The molecule has 0 aliphatic carbocycles. The first kappa shape index (κ1) is 75.9. The molecule has 26 heteroatoms. The summed E-state index contributed by atoms with van der Waals surface area (Å²) >= 11 is 0. The summed E-state index contributed by atoms with van der Waals surface area (Å²) in [6, 6.07) is 21.4. The molecule has 26 nitrogen and oxygen atoms in total. The lowest BCUT2D eigenvalue weighted by molar-refractivity contribution is -0.172. The molecule has 3 aromatic carbocycles. The maximum absolute atomic E-state index is 14.0. The molecule has 0 spiro atoms. The molecule has 7 rings (SSSR count). The minimum Gasteiger partial charge on any atom is -0.494 e. The van der Waals surface area contributed by atoms with Crippen molar-refractivity contribution in [3.8, 4) is 17.1 Å². The molecule has 0 fully saturated rings. The molecule has 2 aliphatic heterocycles. The highest BCUT2D eigenvalue weighted by atomic mass is 16.6. The van der Waals surface area contributed by atoms with Crippen molar-refractivity contribution < 1.29 is 85.9 Å². The SMILES string of the molecule is CCCOCCOCCOCCOCCOCCOCCOCCOCCOCCC(=O)N[C@@H](Cc1ccccc1)C(=O)N[C@@H](CCCCN)C(=O)Nc1ccc(COC(=O)NCCCOc2ccc3nc4c(c(CC)c3c2)Cn2c-4cc3c(c2=O)COC(=O)[C@]3(O)CC)cc1. The molecule has 3 atom stereocenters. The number of nitrogens with zero attached hydrogens (tertiary/aromatic N) is 2. The fraction of sp³-hybridized carbons (Fsp3) is 0.557. The second-order valence-corrected chi connectivity index (χ2v) is 22.9. The number of aryl methyl sites for hydroxylation is 1. The molecule has 4 amide bonds. The van der Waals surface area contributed by atoms with Gasteiger partial charge in [-0.1, -0.05) is 63.2 Å². The third kappa shape index (κ3) is 24.3. The maximum atomic E-state index is 14.0. The molecule has 2 aliphatic rings. The van der Waals surface area contributed by atoms with E-state index in [-0.39, 0.29) is 68.9 Å². The molecular formula is C70H97N7O19. The first-order valence-corrected chi connectivity index (χ1v) is 33.5. The van der Waals surface area contributed by atoms with Crippen LogP contribution < -0.4 is 37.3 Å². The van der Waals surface area contributed by atoms with Crippen LogP contribution in [0, 0.1) is 0 Å². The van der Waals surface area contributed by atoms with Crippen molar-refractivity contribution in [3.05, 3.63) is 123 Å².